The number of rotatable bonds is 3. The molecule has 2 aromatic rings. The monoisotopic (exact) mass is 231 g/mol. The third kappa shape index (κ3) is 2.14. The van der Waals surface area contributed by atoms with Crippen LogP contribution in [0.5, 0.6) is 0 Å². The average Bonchev–Trinajstić information content (AvgIpc) is 2.72. The second kappa shape index (κ2) is 3.99. The van der Waals surface area contributed by atoms with Crippen LogP contribution < -0.4 is 5.73 Å². The van der Waals surface area contributed by atoms with Crippen molar-refractivity contribution in [3.05, 3.63) is 12.0 Å². The molecule has 5 nitrogen and oxygen atoms in total. The molecule has 2 aromatic heterocycles. The van der Waals surface area contributed by atoms with Crippen molar-refractivity contribution in [2.45, 2.75) is 10.1 Å². The first kappa shape index (κ1) is 8.85. The van der Waals surface area contributed by atoms with Crippen molar-refractivity contribution in [1.29, 1.82) is 0 Å². The number of nitrogens with two attached hydrogens (primary N) is 1. The Labute approximate surface area is 86.7 Å². The van der Waals surface area contributed by atoms with Crippen molar-refractivity contribution in [1.82, 2.24) is 18.9 Å². The maximum Gasteiger partial charge on any atom is 0.170 e. The highest BCUT2D eigenvalue weighted by atomic mass is 32.2. The maximum atomic E-state index is 5.63. The predicted octanol–water partition coefficient (Wildman–Crippen LogP) is 1.26. The van der Waals surface area contributed by atoms with E-state index in [0.717, 1.165) is 10.0 Å². The van der Waals surface area contributed by atoms with Gasteiger partial charge in [0.25, 0.3) is 0 Å². The number of nitrogens with zero attached hydrogens (tertiary/aromatic N) is 4. The summed E-state index contributed by atoms with van der Waals surface area (Å²) in [5.41, 5.74) is 6.45. The van der Waals surface area contributed by atoms with Gasteiger partial charge in [0, 0.05) is 17.3 Å². The van der Waals surface area contributed by atoms with Crippen LogP contribution in [0.4, 0.5) is 5.00 Å². The van der Waals surface area contributed by atoms with E-state index in [4.69, 9.17) is 5.73 Å². The molecule has 0 fully saturated rings. The summed E-state index contributed by atoms with van der Waals surface area (Å²) in [7, 11) is 0. The van der Waals surface area contributed by atoms with Crippen LogP contribution in [0.25, 0.3) is 0 Å². The maximum absolute atomic E-state index is 5.63. The number of thioether (sulfide) groups is 1. The van der Waals surface area contributed by atoms with Crippen LogP contribution in [0, 0.1) is 0 Å². The molecule has 2 rings (SSSR count). The number of hydrogen-bond acceptors (Lipinski definition) is 8. The first-order chi connectivity index (χ1) is 6.36. The highest BCUT2D eigenvalue weighted by Crippen LogP contribution is 2.25. The van der Waals surface area contributed by atoms with Crippen molar-refractivity contribution in [2.75, 3.05) is 5.73 Å². The van der Waals surface area contributed by atoms with E-state index in [9.17, 15) is 0 Å². The molecule has 0 atom stereocenters. The van der Waals surface area contributed by atoms with Crippen molar-refractivity contribution in [3.63, 3.8) is 0 Å². The van der Waals surface area contributed by atoms with Crippen molar-refractivity contribution in [3.8, 4) is 0 Å². The molecule has 0 radical (unpaired) electrons. The summed E-state index contributed by atoms with van der Waals surface area (Å²) in [6, 6.07) is 0. The number of nitrogen functional groups attached to an aromatic ring is 1. The zero-order chi connectivity index (χ0) is 9.10. The minimum atomic E-state index is 0.678. The van der Waals surface area contributed by atoms with Gasteiger partial charge in [-0.2, -0.15) is 4.37 Å². The summed E-state index contributed by atoms with van der Waals surface area (Å²) < 4.78 is 8.56. The molecule has 0 spiro atoms. The van der Waals surface area contributed by atoms with Crippen LogP contribution in [0.1, 0.15) is 5.69 Å². The quantitative estimate of drug-likeness (QED) is 0.801. The van der Waals surface area contributed by atoms with E-state index in [0.29, 0.717) is 10.8 Å². The van der Waals surface area contributed by atoms with Crippen LogP contribution in [0.15, 0.2) is 10.7 Å². The molecule has 0 unspecified atom stereocenters. The number of anilines is 1. The molecular weight excluding hydrogens is 226 g/mol. The normalized spacial score (nSPS) is 10.5. The zero-order valence-electron chi connectivity index (χ0n) is 6.38. The van der Waals surface area contributed by atoms with E-state index < -0.39 is 0 Å². The summed E-state index contributed by atoms with van der Waals surface area (Å²) in [5, 5.41) is 4.57. The fourth-order valence-electron chi connectivity index (χ4n) is 0.672. The lowest BCUT2D eigenvalue weighted by Gasteiger charge is -1.92. The lowest BCUT2D eigenvalue weighted by Crippen LogP contribution is -1.88. The summed E-state index contributed by atoms with van der Waals surface area (Å²) in [6.07, 6.45) is 1.54. The summed E-state index contributed by atoms with van der Waals surface area (Å²) in [4.78, 5) is 4.03. The van der Waals surface area contributed by atoms with Crippen LogP contribution in [-0.4, -0.2) is 18.9 Å². The Balaban J connectivity index is 1.97. The highest BCUT2D eigenvalue weighted by Gasteiger charge is 2.05. The van der Waals surface area contributed by atoms with Crippen LogP contribution in [-0.2, 0) is 5.75 Å². The van der Waals surface area contributed by atoms with Gasteiger partial charge in [0.05, 0.1) is 0 Å². The Bertz CT molecular complexity index is 369. The number of hydrogen-bond donors (Lipinski definition) is 1. The molecule has 0 amide bonds. The average molecular weight is 231 g/mol. The van der Waals surface area contributed by atoms with Gasteiger partial charge in [-0.05, 0) is 11.5 Å². The molecule has 2 N–H and O–H groups in total. The molecule has 8 heteroatoms. The Morgan fingerprint density at radius 2 is 2.38 bits per heavy atom. The summed E-state index contributed by atoms with van der Waals surface area (Å²) in [5.74, 6) is 0.706. The minimum absolute atomic E-state index is 0.678. The molecule has 0 aliphatic rings. The van der Waals surface area contributed by atoms with Crippen molar-refractivity contribution in [2.24, 2.45) is 0 Å². The highest BCUT2D eigenvalue weighted by molar-refractivity contribution is 8.00. The Hall–Kier alpha value is -0.730. The minimum Gasteiger partial charge on any atom is -0.388 e. The standard InChI is InChI=1S/C5H5N5S3/c6-4-3(9-10-12-4)1-11-5-7-2-8-13-5/h2H,1,6H2. The van der Waals surface area contributed by atoms with Crippen molar-refractivity contribution >= 4 is 39.8 Å². The first-order valence-corrected chi connectivity index (χ1v) is 5.85. The van der Waals surface area contributed by atoms with Gasteiger partial charge in [0.2, 0.25) is 0 Å². The molecule has 0 aromatic carbocycles. The number of aromatic nitrogens is 4. The fraction of sp³-hybridized carbons (Fsp3) is 0.200. The molecule has 0 aliphatic heterocycles. The van der Waals surface area contributed by atoms with Crippen LogP contribution >= 0.6 is 34.8 Å². The first-order valence-electron chi connectivity index (χ1n) is 3.32. The van der Waals surface area contributed by atoms with Gasteiger partial charge < -0.3 is 5.73 Å². The Morgan fingerprint density at radius 1 is 1.46 bits per heavy atom. The van der Waals surface area contributed by atoms with E-state index >= 15 is 0 Å². The van der Waals surface area contributed by atoms with Gasteiger partial charge in [-0.1, -0.05) is 16.3 Å². The molecule has 0 aliphatic carbocycles. The Kier molecular flexibility index (Phi) is 2.71. The summed E-state index contributed by atoms with van der Waals surface area (Å²) in [6.45, 7) is 0. The van der Waals surface area contributed by atoms with E-state index in [1.807, 2.05) is 0 Å². The zero-order valence-corrected chi connectivity index (χ0v) is 8.82. The molecular formula is C5H5N5S3. The van der Waals surface area contributed by atoms with Gasteiger partial charge in [-0.25, -0.2) is 4.98 Å². The van der Waals surface area contributed by atoms with Gasteiger partial charge in [-0.3, -0.25) is 0 Å². The molecule has 0 saturated heterocycles. The van der Waals surface area contributed by atoms with Crippen LogP contribution in [0.2, 0.25) is 0 Å². The van der Waals surface area contributed by atoms with E-state index in [2.05, 4.69) is 18.9 Å². The summed E-state index contributed by atoms with van der Waals surface area (Å²) >= 11 is 4.15. The van der Waals surface area contributed by atoms with Gasteiger partial charge in [0.1, 0.15) is 17.0 Å². The SMILES string of the molecule is Nc1snnc1CSc1ncns1. The van der Waals surface area contributed by atoms with E-state index in [1.165, 1.54) is 29.4 Å². The van der Waals surface area contributed by atoms with Gasteiger partial charge in [-0.15, -0.1) is 5.10 Å². The van der Waals surface area contributed by atoms with E-state index in [-0.39, 0.29) is 0 Å². The molecule has 13 heavy (non-hydrogen) atoms. The Morgan fingerprint density at radius 3 is 3.00 bits per heavy atom. The molecule has 0 saturated carbocycles. The predicted molar refractivity (Wildman–Crippen MR) is 53.8 cm³/mol. The second-order valence-electron chi connectivity index (χ2n) is 2.08. The van der Waals surface area contributed by atoms with Gasteiger partial charge >= 0.3 is 0 Å². The van der Waals surface area contributed by atoms with Gasteiger partial charge in [0.15, 0.2) is 4.34 Å². The molecule has 68 valence electrons. The molecule has 2 heterocycles. The smallest absolute Gasteiger partial charge is 0.170 e. The third-order valence-corrected chi connectivity index (χ3v) is 3.66. The molecule has 0 bridgehead atoms. The van der Waals surface area contributed by atoms with Crippen LogP contribution in [0.3, 0.4) is 0 Å². The van der Waals surface area contributed by atoms with Crippen molar-refractivity contribution < 1.29 is 0 Å². The third-order valence-electron chi connectivity index (χ3n) is 1.26. The second-order valence-corrected chi connectivity index (χ2v) is 4.87. The van der Waals surface area contributed by atoms with E-state index in [1.54, 1.807) is 11.8 Å². The topological polar surface area (TPSA) is 77.6 Å². The fourth-order valence-corrected chi connectivity index (χ4v) is 2.60. The lowest BCUT2D eigenvalue weighted by atomic mass is 10.5. The largest absolute Gasteiger partial charge is 0.388 e. The lowest BCUT2D eigenvalue weighted by molar-refractivity contribution is 1.07.